The summed E-state index contributed by atoms with van der Waals surface area (Å²) < 4.78 is 5.04. The first-order chi connectivity index (χ1) is 10.3. The molecule has 1 heterocycles. The molecule has 1 N–H and O–H groups in total. The zero-order valence-electron chi connectivity index (χ0n) is 13.7. The Morgan fingerprint density at radius 3 is 2.64 bits per heavy atom. The van der Waals surface area contributed by atoms with E-state index >= 15 is 0 Å². The number of carbonyl (C=O) groups is 2. The number of ketones is 1. The van der Waals surface area contributed by atoms with Crippen LogP contribution in [0.3, 0.4) is 0 Å². The number of rotatable bonds is 6. The van der Waals surface area contributed by atoms with Crippen LogP contribution in [0.15, 0.2) is 23.0 Å². The lowest BCUT2D eigenvalue weighted by molar-refractivity contribution is -0.147. The van der Waals surface area contributed by atoms with Gasteiger partial charge in [-0.1, -0.05) is 27.2 Å². The normalized spacial score (nSPS) is 27.5. The Labute approximate surface area is 131 Å². The van der Waals surface area contributed by atoms with Crippen molar-refractivity contribution in [2.75, 3.05) is 0 Å². The van der Waals surface area contributed by atoms with E-state index in [0.717, 1.165) is 24.8 Å². The Balaban J connectivity index is 2.15. The lowest BCUT2D eigenvalue weighted by Crippen LogP contribution is -2.47. The van der Waals surface area contributed by atoms with Crippen molar-refractivity contribution in [3.8, 4) is 0 Å². The first-order valence-electron chi connectivity index (χ1n) is 8.02. The van der Waals surface area contributed by atoms with Crippen LogP contribution in [0, 0.1) is 16.7 Å². The van der Waals surface area contributed by atoms with Gasteiger partial charge in [-0.15, -0.1) is 0 Å². The summed E-state index contributed by atoms with van der Waals surface area (Å²) in [5, 5.41) is 9.27. The van der Waals surface area contributed by atoms with Crippen LogP contribution in [0.25, 0.3) is 0 Å². The number of carbonyl (C=O) groups excluding carboxylic acids is 1. The van der Waals surface area contributed by atoms with Crippen molar-refractivity contribution in [2.24, 2.45) is 16.7 Å². The van der Waals surface area contributed by atoms with Crippen LogP contribution in [0.4, 0.5) is 0 Å². The number of furan rings is 1. The maximum atomic E-state index is 12.9. The molecule has 4 heteroatoms. The van der Waals surface area contributed by atoms with Gasteiger partial charge in [0.1, 0.15) is 5.78 Å². The smallest absolute Gasteiger partial charge is 0.303 e. The van der Waals surface area contributed by atoms with E-state index in [-0.39, 0.29) is 23.5 Å². The first-order valence-corrected chi connectivity index (χ1v) is 8.02. The third-order valence-electron chi connectivity index (χ3n) is 5.47. The van der Waals surface area contributed by atoms with E-state index in [2.05, 4.69) is 13.8 Å². The highest BCUT2D eigenvalue weighted by atomic mass is 16.4. The average molecular weight is 306 g/mol. The molecular weight excluding hydrogens is 280 g/mol. The van der Waals surface area contributed by atoms with Gasteiger partial charge in [0.15, 0.2) is 0 Å². The number of hydrogen-bond donors (Lipinski definition) is 1. The summed E-state index contributed by atoms with van der Waals surface area (Å²) in [6, 6.07) is 1.87. The quantitative estimate of drug-likeness (QED) is 0.859. The number of carboxylic acid groups (broad SMARTS) is 1. The van der Waals surface area contributed by atoms with Crippen LogP contribution in [0.2, 0.25) is 0 Å². The van der Waals surface area contributed by atoms with Crippen LogP contribution in [0.5, 0.6) is 0 Å². The highest BCUT2D eigenvalue weighted by Gasteiger charge is 2.50. The fraction of sp³-hybridized carbons (Fsp3) is 0.667. The summed E-state index contributed by atoms with van der Waals surface area (Å²) in [6.45, 7) is 6.17. The highest BCUT2D eigenvalue weighted by molar-refractivity contribution is 5.86. The van der Waals surface area contributed by atoms with Crippen molar-refractivity contribution < 1.29 is 19.1 Å². The molecule has 1 unspecified atom stereocenters. The molecular formula is C18H26O4. The van der Waals surface area contributed by atoms with Gasteiger partial charge in [0.25, 0.3) is 0 Å². The fourth-order valence-corrected chi connectivity index (χ4v) is 4.11. The van der Waals surface area contributed by atoms with Gasteiger partial charge in [-0.2, -0.15) is 0 Å². The van der Waals surface area contributed by atoms with Crippen LogP contribution in [0.1, 0.15) is 58.4 Å². The maximum Gasteiger partial charge on any atom is 0.303 e. The highest BCUT2D eigenvalue weighted by Crippen LogP contribution is 2.53. The third-order valence-corrected chi connectivity index (χ3v) is 5.47. The number of hydrogen-bond acceptors (Lipinski definition) is 3. The summed E-state index contributed by atoms with van der Waals surface area (Å²) in [5.74, 6) is -0.732. The van der Waals surface area contributed by atoms with Gasteiger partial charge in [0, 0.05) is 18.3 Å². The second-order valence-electron chi connectivity index (χ2n) is 7.46. The van der Waals surface area contributed by atoms with Gasteiger partial charge in [0.2, 0.25) is 0 Å². The average Bonchev–Trinajstić information content (AvgIpc) is 2.93. The Kier molecular flexibility index (Phi) is 4.78. The predicted octanol–water partition coefficient (Wildman–Crippen LogP) is 4.09. The standard InChI is InChI=1S/C18H26O4/c1-17(2)8-4-9-18(3,14(17)11-16(20)21)15(19)6-5-13-7-10-22-12-13/h7,10,12,14H,4-6,8-9,11H2,1-3H3,(H,20,21)/t14?,18-/m0/s1. The molecule has 0 spiro atoms. The van der Waals surface area contributed by atoms with Crippen LogP contribution < -0.4 is 0 Å². The van der Waals surface area contributed by atoms with Gasteiger partial charge in [0.05, 0.1) is 12.5 Å². The first kappa shape index (κ1) is 16.8. The fourth-order valence-electron chi connectivity index (χ4n) is 4.11. The monoisotopic (exact) mass is 306 g/mol. The molecule has 0 bridgehead atoms. The molecule has 22 heavy (non-hydrogen) atoms. The van der Waals surface area contributed by atoms with Crippen molar-refractivity contribution in [3.63, 3.8) is 0 Å². The van der Waals surface area contributed by atoms with Crippen molar-refractivity contribution in [1.82, 2.24) is 0 Å². The molecule has 0 saturated heterocycles. The van der Waals surface area contributed by atoms with Crippen molar-refractivity contribution in [2.45, 2.75) is 59.3 Å². The Bertz CT molecular complexity index is 529. The van der Waals surface area contributed by atoms with Crippen LogP contribution in [-0.4, -0.2) is 16.9 Å². The lowest BCUT2D eigenvalue weighted by Gasteiger charge is -2.49. The molecule has 4 nitrogen and oxygen atoms in total. The zero-order valence-corrected chi connectivity index (χ0v) is 13.7. The molecule has 1 aromatic rings. The molecule has 0 aromatic carbocycles. The molecule has 0 aliphatic heterocycles. The maximum absolute atomic E-state index is 12.9. The van der Waals surface area contributed by atoms with Crippen LogP contribution in [-0.2, 0) is 16.0 Å². The topological polar surface area (TPSA) is 67.5 Å². The minimum absolute atomic E-state index is 0.0704. The molecule has 0 radical (unpaired) electrons. The summed E-state index contributed by atoms with van der Waals surface area (Å²) in [5.41, 5.74) is 0.363. The molecule has 2 atom stereocenters. The van der Waals surface area contributed by atoms with Gasteiger partial charge >= 0.3 is 5.97 Å². The number of aliphatic carboxylic acids is 1. The van der Waals surface area contributed by atoms with Crippen molar-refractivity contribution >= 4 is 11.8 Å². The van der Waals surface area contributed by atoms with E-state index in [0.29, 0.717) is 12.8 Å². The summed E-state index contributed by atoms with van der Waals surface area (Å²) in [7, 11) is 0. The van der Waals surface area contributed by atoms with E-state index < -0.39 is 11.4 Å². The SMILES string of the molecule is CC1(C)CCC[C@](C)(C(=O)CCc2ccoc2)C1CC(=O)O. The van der Waals surface area contributed by atoms with Gasteiger partial charge < -0.3 is 9.52 Å². The third kappa shape index (κ3) is 3.42. The summed E-state index contributed by atoms with van der Waals surface area (Å²) in [6.07, 6.45) is 7.20. The minimum Gasteiger partial charge on any atom is -0.481 e. The molecule has 122 valence electrons. The largest absolute Gasteiger partial charge is 0.481 e. The second kappa shape index (κ2) is 6.27. The Hall–Kier alpha value is -1.58. The summed E-state index contributed by atoms with van der Waals surface area (Å²) >= 11 is 0. The summed E-state index contributed by atoms with van der Waals surface area (Å²) in [4.78, 5) is 24.2. The van der Waals surface area contributed by atoms with Crippen molar-refractivity contribution in [1.29, 1.82) is 0 Å². The van der Waals surface area contributed by atoms with Gasteiger partial charge in [-0.25, -0.2) is 0 Å². The predicted molar refractivity (Wildman–Crippen MR) is 83.5 cm³/mol. The molecule has 2 rings (SSSR count). The molecule has 0 amide bonds. The molecule has 1 saturated carbocycles. The van der Waals surface area contributed by atoms with E-state index in [4.69, 9.17) is 4.42 Å². The zero-order chi connectivity index (χ0) is 16.4. The Morgan fingerprint density at radius 2 is 2.05 bits per heavy atom. The Morgan fingerprint density at radius 1 is 1.32 bits per heavy atom. The van der Waals surface area contributed by atoms with E-state index in [1.54, 1.807) is 12.5 Å². The number of carboxylic acids is 1. The minimum atomic E-state index is -0.811. The molecule has 1 fully saturated rings. The molecule has 1 aromatic heterocycles. The van der Waals surface area contributed by atoms with E-state index in [9.17, 15) is 14.7 Å². The van der Waals surface area contributed by atoms with Crippen molar-refractivity contribution in [3.05, 3.63) is 24.2 Å². The van der Waals surface area contributed by atoms with Gasteiger partial charge in [-0.05, 0) is 42.2 Å². The number of Topliss-reactive ketones (excluding diaryl/α,β-unsaturated/α-hetero) is 1. The lowest BCUT2D eigenvalue weighted by atomic mass is 9.53. The molecule has 1 aliphatic carbocycles. The second-order valence-corrected chi connectivity index (χ2v) is 7.46. The molecule has 1 aliphatic rings. The van der Waals surface area contributed by atoms with E-state index in [1.807, 2.05) is 13.0 Å². The van der Waals surface area contributed by atoms with Crippen LogP contribution >= 0.6 is 0 Å². The van der Waals surface area contributed by atoms with E-state index in [1.165, 1.54) is 0 Å². The van der Waals surface area contributed by atoms with Gasteiger partial charge in [-0.3, -0.25) is 9.59 Å². The number of aryl methyl sites for hydroxylation is 1.